The number of fused-ring (bicyclic) bond motifs is 3. The van der Waals surface area contributed by atoms with Gasteiger partial charge in [-0.1, -0.05) is 37.6 Å². The Balaban J connectivity index is 0.00000386. The van der Waals surface area contributed by atoms with Crippen LogP contribution in [0.4, 0.5) is 0 Å². The number of ether oxygens (including phenoxy) is 1. The molecule has 0 bridgehead atoms. The minimum atomic E-state index is 0. The van der Waals surface area contributed by atoms with Crippen molar-refractivity contribution in [2.45, 2.75) is 52.4 Å². The number of benzene rings is 4. The van der Waals surface area contributed by atoms with Crippen molar-refractivity contribution in [3.05, 3.63) is 125 Å². The first-order valence-electron chi connectivity index (χ1n) is 15.6. The third-order valence-corrected chi connectivity index (χ3v) is 9.23. The van der Waals surface area contributed by atoms with Crippen LogP contribution in [0.25, 0.3) is 44.4 Å². The van der Waals surface area contributed by atoms with E-state index in [2.05, 4.69) is 113 Å². The number of para-hydroxylation sites is 1. The van der Waals surface area contributed by atoms with Crippen LogP contribution in [0.3, 0.4) is 0 Å². The molecule has 0 amide bonds. The molecule has 0 aliphatic carbocycles. The summed E-state index contributed by atoms with van der Waals surface area (Å²) in [7, 11) is 0. The molecule has 0 saturated carbocycles. The van der Waals surface area contributed by atoms with Gasteiger partial charge < -0.3 is 9.30 Å². The van der Waals surface area contributed by atoms with E-state index in [4.69, 9.17) is 14.8 Å². The largest absolute Gasteiger partial charge is 2.00 e. The van der Waals surface area contributed by atoms with E-state index in [-0.39, 0.29) is 27.0 Å². The smallest absolute Gasteiger partial charge is 0.509 e. The standard InChI is InChI=1S/C40H36N4OS.Pt/c1-24(2)40-39(38-26(4)20-32(46-7)21-27(38)5)28(6)42-44(40)29-11-10-12-30(22-29)45-31-15-16-34-33-13-8-9-14-35(33)43(36(34)23-31)37-19-25(3)17-18-41-37;/h8-21,24H,1-7H3;/q-2;+2. The second-order valence-electron chi connectivity index (χ2n) is 12.2. The van der Waals surface area contributed by atoms with Crippen molar-refractivity contribution in [2.24, 2.45) is 0 Å². The Labute approximate surface area is 295 Å². The topological polar surface area (TPSA) is 44.9 Å². The third-order valence-electron chi connectivity index (χ3n) is 8.52. The van der Waals surface area contributed by atoms with E-state index in [9.17, 15) is 0 Å². The maximum Gasteiger partial charge on any atom is 2.00 e. The van der Waals surface area contributed by atoms with Crippen LogP contribution in [-0.2, 0) is 21.1 Å². The average molecular weight is 816 g/mol. The predicted molar refractivity (Wildman–Crippen MR) is 190 cm³/mol. The maximum absolute atomic E-state index is 6.46. The van der Waals surface area contributed by atoms with Gasteiger partial charge in [-0.05, 0) is 104 Å². The van der Waals surface area contributed by atoms with Gasteiger partial charge in [0, 0.05) is 33.7 Å². The molecule has 7 heteroatoms. The van der Waals surface area contributed by atoms with E-state index in [0.29, 0.717) is 11.5 Å². The van der Waals surface area contributed by atoms with Gasteiger partial charge in [-0.15, -0.1) is 47.5 Å². The number of rotatable bonds is 7. The quantitative estimate of drug-likeness (QED) is 0.119. The average Bonchev–Trinajstić information content (AvgIpc) is 3.55. The van der Waals surface area contributed by atoms with Crippen LogP contribution in [-0.4, -0.2) is 25.6 Å². The van der Waals surface area contributed by atoms with Crippen molar-refractivity contribution in [2.75, 3.05) is 6.26 Å². The molecule has 0 atom stereocenters. The summed E-state index contributed by atoms with van der Waals surface area (Å²) >= 11 is 1.77. The normalized spacial score (nSPS) is 11.4. The summed E-state index contributed by atoms with van der Waals surface area (Å²) < 4.78 is 10.7. The van der Waals surface area contributed by atoms with Gasteiger partial charge in [0.05, 0.1) is 11.4 Å². The molecular weight excluding hydrogens is 780 g/mol. The number of aromatic nitrogens is 4. The number of aryl methyl sites for hydroxylation is 4. The van der Waals surface area contributed by atoms with Gasteiger partial charge in [0.2, 0.25) is 0 Å². The zero-order chi connectivity index (χ0) is 32.1. The fraction of sp³-hybridized carbons (Fsp3) is 0.200. The molecule has 0 saturated heterocycles. The minimum absolute atomic E-state index is 0. The molecule has 7 rings (SSSR count). The van der Waals surface area contributed by atoms with Crippen molar-refractivity contribution in [3.8, 4) is 34.1 Å². The first-order valence-corrected chi connectivity index (χ1v) is 16.8. The second kappa shape index (κ2) is 13.2. The van der Waals surface area contributed by atoms with Crippen LogP contribution in [0.15, 0.2) is 90.0 Å². The summed E-state index contributed by atoms with van der Waals surface area (Å²) in [4.78, 5) is 5.98. The SMILES string of the molecule is CSc1cc(C)c(-c2c(C)nn(-c3[c-]c(Oc4[c-]c5c(cc4)c4ccccc4n5-c4cc(C)ccn4)ccc3)c2C(C)C)c(C)c1.[Pt+2]. The molecule has 0 N–H and O–H groups in total. The van der Waals surface area contributed by atoms with Crippen LogP contribution in [0.1, 0.15) is 47.8 Å². The fourth-order valence-corrected chi connectivity index (χ4v) is 7.15. The first kappa shape index (κ1) is 32.8. The molecule has 0 radical (unpaired) electrons. The second-order valence-corrected chi connectivity index (χ2v) is 13.1. The van der Waals surface area contributed by atoms with Gasteiger partial charge in [0.15, 0.2) is 0 Å². The summed E-state index contributed by atoms with van der Waals surface area (Å²) in [6.45, 7) is 13.0. The molecule has 0 aliphatic rings. The zero-order valence-corrected chi connectivity index (χ0v) is 30.7. The maximum atomic E-state index is 6.46. The van der Waals surface area contributed by atoms with E-state index >= 15 is 0 Å². The van der Waals surface area contributed by atoms with Crippen molar-refractivity contribution in [1.82, 2.24) is 19.3 Å². The van der Waals surface area contributed by atoms with Gasteiger partial charge in [0.1, 0.15) is 5.82 Å². The van der Waals surface area contributed by atoms with Gasteiger partial charge in [-0.25, -0.2) is 4.98 Å². The Morgan fingerprint density at radius 2 is 1.53 bits per heavy atom. The Morgan fingerprint density at radius 3 is 2.26 bits per heavy atom. The van der Waals surface area contributed by atoms with Gasteiger partial charge in [-0.3, -0.25) is 4.68 Å². The molecule has 0 fully saturated rings. The summed E-state index contributed by atoms with van der Waals surface area (Å²) in [5, 5.41) is 7.32. The van der Waals surface area contributed by atoms with Crippen molar-refractivity contribution in [3.63, 3.8) is 0 Å². The molecule has 0 unspecified atom stereocenters. The van der Waals surface area contributed by atoms with Crippen LogP contribution < -0.4 is 4.74 Å². The fourth-order valence-electron chi connectivity index (χ4n) is 6.56. The van der Waals surface area contributed by atoms with Gasteiger partial charge in [-0.2, -0.15) is 17.2 Å². The van der Waals surface area contributed by atoms with Gasteiger partial charge >= 0.3 is 21.1 Å². The Morgan fingerprint density at radius 1 is 0.787 bits per heavy atom. The van der Waals surface area contributed by atoms with Crippen LogP contribution in [0.2, 0.25) is 0 Å². The predicted octanol–water partition coefficient (Wildman–Crippen LogP) is 10.5. The molecule has 7 aromatic rings. The summed E-state index contributed by atoms with van der Waals surface area (Å²) in [6, 6.07) is 34.2. The van der Waals surface area contributed by atoms with Crippen LogP contribution in [0.5, 0.6) is 11.5 Å². The molecule has 3 aromatic heterocycles. The molecule has 5 nitrogen and oxygen atoms in total. The molecule has 3 heterocycles. The van der Waals surface area contributed by atoms with Crippen LogP contribution in [0, 0.1) is 39.8 Å². The monoisotopic (exact) mass is 815 g/mol. The van der Waals surface area contributed by atoms with Crippen molar-refractivity contribution in [1.29, 1.82) is 0 Å². The number of nitrogens with zero attached hydrogens (tertiary/aromatic N) is 4. The zero-order valence-electron chi connectivity index (χ0n) is 27.6. The summed E-state index contributed by atoms with van der Waals surface area (Å²) in [6.07, 6.45) is 3.97. The molecule has 4 aromatic carbocycles. The molecule has 47 heavy (non-hydrogen) atoms. The number of hydrogen-bond donors (Lipinski definition) is 0. The van der Waals surface area contributed by atoms with Crippen molar-refractivity contribution < 1.29 is 25.8 Å². The Hall–Kier alpha value is -4.12. The molecule has 238 valence electrons. The van der Waals surface area contributed by atoms with E-state index < -0.39 is 0 Å². The minimum Gasteiger partial charge on any atom is -0.509 e. The first-order chi connectivity index (χ1) is 22.2. The van der Waals surface area contributed by atoms with E-state index in [1.54, 1.807) is 11.8 Å². The molecule has 0 spiro atoms. The number of thioether (sulfide) groups is 1. The van der Waals surface area contributed by atoms with Crippen LogP contribution >= 0.6 is 11.8 Å². The number of hydrogen-bond acceptors (Lipinski definition) is 4. The Kier molecular flexibility index (Phi) is 9.20. The number of pyridine rings is 1. The summed E-state index contributed by atoms with van der Waals surface area (Å²) in [5.74, 6) is 2.30. The van der Waals surface area contributed by atoms with E-state index in [0.717, 1.165) is 50.3 Å². The molecular formula is C40H36N4OPtS. The Bertz CT molecular complexity index is 2240. The van der Waals surface area contributed by atoms with E-state index in [1.165, 1.54) is 27.1 Å². The van der Waals surface area contributed by atoms with Gasteiger partial charge in [0.25, 0.3) is 0 Å². The third kappa shape index (κ3) is 5.94. The molecule has 0 aliphatic heterocycles. The van der Waals surface area contributed by atoms with E-state index in [1.807, 2.05) is 41.2 Å². The van der Waals surface area contributed by atoms with Crippen molar-refractivity contribution >= 4 is 33.6 Å². The summed E-state index contributed by atoms with van der Waals surface area (Å²) in [5.41, 5.74) is 11.1.